The van der Waals surface area contributed by atoms with Gasteiger partial charge < -0.3 is 15.8 Å². The van der Waals surface area contributed by atoms with Gasteiger partial charge >= 0.3 is 5.97 Å². The number of nitrogens with one attached hydrogen (secondary N) is 1. The Bertz CT molecular complexity index is 644. The summed E-state index contributed by atoms with van der Waals surface area (Å²) in [4.78, 5) is 11.5. The number of halogens is 2. The molecule has 20 heavy (non-hydrogen) atoms. The molecule has 2 rings (SSSR count). The van der Waals surface area contributed by atoms with Gasteiger partial charge in [0.2, 0.25) is 0 Å². The number of methoxy groups -OCH3 is 1. The first kappa shape index (κ1) is 14.3. The Kier molecular flexibility index (Phi) is 4.24. The second-order valence-corrected chi connectivity index (χ2v) is 4.96. The Morgan fingerprint density at radius 2 is 1.95 bits per heavy atom. The molecule has 0 bridgehead atoms. The molecule has 0 saturated carbocycles. The molecule has 0 fully saturated rings. The van der Waals surface area contributed by atoms with Crippen LogP contribution in [0.3, 0.4) is 0 Å². The van der Waals surface area contributed by atoms with E-state index in [-0.39, 0.29) is 16.9 Å². The van der Waals surface area contributed by atoms with E-state index in [1.807, 2.05) is 12.1 Å². The molecule has 2 aromatic rings. The predicted molar refractivity (Wildman–Crippen MR) is 79.6 cm³/mol. The zero-order valence-electron chi connectivity index (χ0n) is 10.6. The van der Waals surface area contributed by atoms with Gasteiger partial charge in [0.15, 0.2) is 0 Å². The first-order valence-corrected chi connectivity index (χ1v) is 6.50. The lowest BCUT2D eigenvalue weighted by Gasteiger charge is -2.11. The van der Waals surface area contributed by atoms with Gasteiger partial charge in [0.25, 0.3) is 0 Å². The van der Waals surface area contributed by atoms with E-state index in [0.717, 1.165) is 10.5 Å². The number of carbonyl (C=O) groups is 1. The van der Waals surface area contributed by atoms with Gasteiger partial charge in [-0.1, -0.05) is 15.9 Å². The average molecular weight is 339 g/mol. The maximum atomic E-state index is 13.9. The van der Waals surface area contributed by atoms with E-state index in [2.05, 4.69) is 26.0 Å². The van der Waals surface area contributed by atoms with E-state index in [4.69, 9.17) is 5.73 Å². The molecule has 0 aliphatic carbocycles. The van der Waals surface area contributed by atoms with Crippen molar-refractivity contribution in [2.75, 3.05) is 18.2 Å². The van der Waals surface area contributed by atoms with Crippen molar-refractivity contribution < 1.29 is 13.9 Å². The van der Waals surface area contributed by atoms with Crippen molar-refractivity contribution in [2.24, 2.45) is 0 Å². The molecule has 104 valence electrons. The van der Waals surface area contributed by atoms with Crippen molar-refractivity contribution in [3.63, 3.8) is 0 Å². The maximum Gasteiger partial charge on any atom is 0.340 e. The van der Waals surface area contributed by atoms with Crippen LogP contribution in [-0.2, 0) is 4.74 Å². The van der Waals surface area contributed by atoms with Crippen molar-refractivity contribution in [3.05, 3.63) is 52.3 Å². The fraction of sp³-hybridized carbons (Fsp3) is 0.0714. The van der Waals surface area contributed by atoms with E-state index in [1.54, 1.807) is 12.1 Å². The number of benzene rings is 2. The summed E-state index contributed by atoms with van der Waals surface area (Å²) >= 11 is 3.32. The Morgan fingerprint density at radius 3 is 2.55 bits per heavy atom. The fourth-order valence-corrected chi connectivity index (χ4v) is 1.92. The van der Waals surface area contributed by atoms with Gasteiger partial charge in [-0.2, -0.15) is 0 Å². The maximum absolute atomic E-state index is 13.9. The Hall–Kier alpha value is -2.08. The minimum absolute atomic E-state index is 0.0377. The molecular formula is C14H12BrFN2O2. The van der Waals surface area contributed by atoms with Gasteiger partial charge in [0.1, 0.15) is 5.82 Å². The van der Waals surface area contributed by atoms with Gasteiger partial charge in [-0.05, 0) is 36.4 Å². The molecule has 6 heteroatoms. The normalized spacial score (nSPS) is 10.2. The van der Waals surface area contributed by atoms with E-state index in [9.17, 15) is 9.18 Å². The fourth-order valence-electron chi connectivity index (χ4n) is 1.66. The van der Waals surface area contributed by atoms with Crippen LogP contribution in [0.1, 0.15) is 10.4 Å². The van der Waals surface area contributed by atoms with E-state index in [1.165, 1.54) is 13.2 Å². The van der Waals surface area contributed by atoms with Crippen LogP contribution in [0.15, 0.2) is 40.9 Å². The van der Waals surface area contributed by atoms with Gasteiger partial charge in [-0.3, -0.25) is 0 Å². The first-order chi connectivity index (χ1) is 9.51. The highest BCUT2D eigenvalue weighted by Crippen LogP contribution is 2.26. The van der Waals surface area contributed by atoms with Crippen LogP contribution in [-0.4, -0.2) is 13.1 Å². The molecule has 0 spiro atoms. The zero-order valence-corrected chi connectivity index (χ0v) is 12.2. The lowest BCUT2D eigenvalue weighted by Crippen LogP contribution is -2.07. The van der Waals surface area contributed by atoms with Crippen LogP contribution in [0.5, 0.6) is 0 Å². The molecule has 2 aromatic carbocycles. The van der Waals surface area contributed by atoms with Crippen LogP contribution < -0.4 is 11.1 Å². The van der Waals surface area contributed by atoms with Gasteiger partial charge in [0.05, 0.1) is 18.4 Å². The van der Waals surface area contributed by atoms with E-state index >= 15 is 0 Å². The molecule has 3 N–H and O–H groups in total. The molecule has 0 saturated heterocycles. The molecule has 0 amide bonds. The molecule has 0 radical (unpaired) electrons. The summed E-state index contributed by atoms with van der Waals surface area (Å²) in [6.45, 7) is 0. The Labute approximate surface area is 123 Å². The Balaban J connectivity index is 2.36. The lowest BCUT2D eigenvalue weighted by atomic mass is 10.1. The summed E-state index contributed by atoms with van der Waals surface area (Å²) < 4.78 is 19.4. The number of nitrogen functional groups attached to an aromatic ring is 1. The van der Waals surface area contributed by atoms with Crippen LogP contribution >= 0.6 is 15.9 Å². The second kappa shape index (κ2) is 5.92. The first-order valence-electron chi connectivity index (χ1n) is 5.71. The molecule has 4 nitrogen and oxygen atoms in total. The Morgan fingerprint density at radius 1 is 1.30 bits per heavy atom. The highest BCUT2D eigenvalue weighted by atomic mass is 79.9. The molecule has 0 aromatic heterocycles. The van der Waals surface area contributed by atoms with Gasteiger partial charge in [-0.25, -0.2) is 9.18 Å². The molecule has 0 aliphatic rings. The lowest BCUT2D eigenvalue weighted by molar-refractivity contribution is 0.0602. The number of hydrogen-bond donors (Lipinski definition) is 2. The number of rotatable bonds is 3. The van der Waals surface area contributed by atoms with Crippen LogP contribution in [0, 0.1) is 5.82 Å². The summed E-state index contributed by atoms with van der Waals surface area (Å²) in [5.41, 5.74) is 6.60. The highest BCUT2D eigenvalue weighted by Gasteiger charge is 2.14. The predicted octanol–water partition coefficient (Wildman–Crippen LogP) is 3.70. The number of ether oxygens (including phenoxy) is 1. The average Bonchev–Trinajstić information content (AvgIpc) is 2.43. The van der Waals surface area contributed by atoms with Crippen molar-refractivity contribution >= 4 is 39.0 Å². The third-order valence-electron chi connectivity index (χ3n) is 2.67. The topological polar surface area (TPSA) is 64.3 Å². The molecule has 0 aliphatic heterocycles. The quantitative estimate of drug-likeness (QED) is 0.661. The number of anilines is 3. The van der Waals surface area contributed by atoms with Gasteiger partial charge in [-0.15, -0.1) is 0 Å². The standard InChI is InChI=1S/C14H12BrFN2O2/c1-20-14(19)10-6-13(11(16)7-12(10)17)18-9-4-2-8(15)3-5-9/h2-7,18H,17H2,1H3. The van der Waals surface area contributed by atoms with Crippen molar-refractivity contribution in [3.8, 4) is 0 Å². The van der Waals surface area contributed by atoms with Gasteiger partial charge in [0, 0.05) is 15.8 Å². The van der Waals surface area contributed by atoms with Crippen LogP contribution in [0.4, 0.5) is 21.5 Å². The third-order valence-corrected chi connectivity index (χ3v) is 3.20. The second-order valence-electron chi connectivity index (χ2n) is 4.04. The van der Waals surface area contributed by atoms with Crippen molar-refractivity contribution in [1.29, 1.82) is 0 Å². The number of esters is 1. The summed E-state index contributed by atoms with van der Waals surface area (Å²) in [6, 6.07) is 9.61. The number of nitrogens with two attached hydrogens (primary N) is 1. The largest absolute Gasteiger partial charge is 0.465 e. The summed E-state index contributed by atoms with van der Waals surface area (Å²) in [5, 5.41) is 2.89. The SMILES string of the molecule is COC(=O)c1cc(Nc2ccc(Br)cc2)c(F)cc1N. The smallest absolute Gasteiger partial charge is 0.340 e. The number of carbonyl (C=O) groups excluding carboxylic acids is 1. The minimum Gasteiger partial charge on any atom is -0.465 e. The molecular weight excluding hydrogens is 327 g/mol. The van der Waals surface area contributed by atoms with E-state index < -0.39 is 11.8 Å². The summed E-state index contributed by atoms with van der Waals surface area (Å²) in [7, 11) is 1.24. The highest BCUT2D eigenvalue weighted by molar-refractivity contribution is 9.10. The van der Waals surface area contributed by atoms with Crippen molar-refractivity contribution in [1.82, 2.24) is 0 Å². The van der Waals surface area contributed by atoms with Crippen molar-refractivity contribution in [2.45, 2.75) is 0 Å². The molecule has 0 atom stereocenters. The number of hydrogen-bond acceptors (Lipinski definition) is 4. The summed E-state index contributed by atoms with van der Waals surface area (Å²) in [6.07, 6.45) is 0. The van der Waals surface area contributed by atoms with Crippen LogP contribution in [0.2, 0.25) is 0 Å². The monoisotopic (exact) mass is 338 g/mol. The van der Waals surface area contributed by atoms with E-state index in [0.29, 0.717) is 5.69 Å². The third kappa shape index (κ3) is 3.08. The zero-order chi connectivity index (χ0) is 14.7. The summed E-state index contributed by atoms with van der Waals surface area (Å²) in [5.74, 6) is -1.15. The van der Waals surface area contributed by atoms with Crippen LogP contribution in [0.25, 0.3) is 0 Å². The molecule has 0 heterocycles. The molecule has 0 unspecified atom stereocenters. The minimum atomic E-state index is -0.610.